The summed E-state index contributed by atoms with van der Waals surface area (Å²) in [4.78, 5) is 10.9. The van der Waals surface area contributed by atoms with Crippen LogP contribution >= 0.6 is 28.3 Å². The Labute approximate surface area is 111 Å². The molecule has 1 aliphatic rings. The molecular weight excluding hydrogens is 319 g/mol. The fourth-order valence-electron chi connectivity index (χ4n) is 1.49. The average molecular weight is 329 g/mol. The average Bonchev–Trinajstić information content (AvgIpc) is 2.23. The summed E-state index contributed by atoms with van der Waals surface area (Å²) < 4.78 is 32.0. The molecule has 17 heavy (non-hydrogen) atoms. The first-order valence-electron chi connectivity index (χ1n) is 4.55. The van der Waals surface area contributed by atoms with Crippen LogP contribution in [0.15, 0.2) is 28.7 Å². The van der Waals surface area contributed by atoms with E-state index in [1.54, 1.807) is 12.1 Å². The van der Waals surface area contributed by atoms with Gasteiger partial charge in [0.1, 0.15) is 6.04 Å². The van der Waals surface area contributed by atoms with Crippen LogP contribution in [0.25, 0.3) is 0 Å². The first kappa shape index (κ1) is 14.2. The van der Waals surface area contributed by atoms with Crippen LogP contribution in [0.5, 0.6) is 0 Å². The maximum Gasteiger partial charge on any atom is 0.408 e. The van der Waals surface area contributed by atoms with Crippen molar-refractivity contribution in [2.45, 2.75) is 12.0 Å². The van der Waals surface area contributed by atoms with E-state index < -0.39 is 24.7 Å². The number of cyclic esters (lactones) is 1. The Kier molecular flexibility index (Phi) is 4.32. The Morgan fingerprint density at radius 3 is 2.53 bits per heavy atom. The van der Waals surface area contributed by atoms with Crippen LogP contribution in [-0.4, -0.2) is 18.6 Å². The van der Waals surface area contributed by atoms with Crippen molar-refractivity contribution in [2.24, 2.45) is 0 Å². The van der Waals surface area contributed by atoms with Crippen molar-refractivity contribution < 1.29 is 18.3 Å². The van der Waals surface area contributed by atoms with Crippen molar-refractivity contribution in [3.63, 3.8) is 0 Å². The fraction of sp³-hybridized carbons (Fsp3) is 0.300. The van der Waals surface area contributed by atoms with Crippen LogP contribution < -0.4 is 5.32 Å². The van der Waals surface area contributed by atoms with E-state index in [4.69, 9.17) is 0 Å². The van der Waals surface area contributed by atoms with E-state index in [1.165, 1.54) is 12.1 Å². The number of carbonyl (C=O) groups is 1. The summed E-state index contributed by atoms with van der Waals surface area (Å²) in [6, 6.07) is 5.03. The summed E-state index contributed by atoms with van der Waals surface area (Å²) in [7, 11) is 0. The molecule has 0 bridgehead atoms. The molecule has 7 heteroatoms. The molecule has 0 radical (unpaired) electrons. The molecule has 1 amide bonds. The van der Waals surface area contributed by atoms with Crippen LogP contribution in [0.1, 0.15) is 11.6 Å². The smallest absolute Gasteiger partial charge is 0.408 e. The number of amides is 1. The molecule has 1 atom stereocenters. The molecule has 1 heterocycles. The molecule has 1 saturated heterocycles. The van der Waals surface area contributed by atoms with Gasteiger partial charge in [0, 0.05) is 4.47 Å². The molecule has 94 valence electrons. The Morgan fingerprint density at radius 1 is 1.35 bits per heavy atom. The Bertz CT molecular complexity index is 413. The molecule has 1 N–H and O–H groups in total. The molecule has 1 aromatic rings. The number of rotatable bonds is 1. The normalized spacial score (nSPS) is 22.1. The third-order valence-electron chi connectivity index (χ3n) is 2.28. The monoisotopic (exact) mass is 327 g/mol. The molecule has 1 fully saturated rings. The van der Waals surface area contributed by atoms with Crippen molar-refractivity contribution in [3.05, 3.63) is 34.3 Å². The van der Waals surface area contributed by atoms with Crippen molar-refractivity contribution in [1.29, 1.82) is 0 Å². The lowest BCUT2D eigenvalue weighted by atomic mass is 10.0. The minimum atomic E-state index is -3.10. The van der Waals surface area contributed by atoms with Crippen LogP contribution in [0, 0.1) is 0 Å². The molecule has 0 aromatic heterocycles. The van der Waals surface area contributed by atoms with E-state index in [1.807, 2.05) is 0 Å². The Morgan fingerprint density at radius 2 is 1.94 bits per heavy atom. The minimum absolute atomic E-state index is 0. The topological polar surface area (TPSA) is 38.3 Å². The van der Waals surface area contributed by atoms with Gasteiger partial charge in [-0.3, -0.25) is 0 Å². The van der Waals surface area contributed by atoms with Crippen LogP contribution in [0.2, 0.25) is 0 Å². The van der Waals surface area contributed by atoms with E-state index in [-0.39, 0.29) is 12.4 Å². The van der Waals surface area contributed by atoms with Crippen molar-refractivity contribution in [1.82, 2.24) is 5.32 Å². The largest absolute Gasteiger partial charge is 0.443 e. The third-order valence-corrected chi connectivity index (χ3v) is 2.81. The highest BCUT2D eigenvalue weighted by Crippen LogP contribution is 2.34. The molecule has 0 saturated carbocycles. The number of halogens is 4. The number of alkyl carbamates (subject to hydrolysis) is 1. The number of carbonyl (C=O) groups excluding carboxylic acids is 1. The van der Waals surface area contributed by atoms with Gasteiger partial charge in [0.25, 0.3) is 0 Å². The molecule has 1 aromatic carbocycles. The Balaban J connectivity index is 0.00000144. The predicted molar refractivity (Wildman–Crippen MR) is 63.6 cm³/mol. The SMILES string of the molecule is Cl.O=C1N[C@@H](c2ccc(Br)cc2)C(F)(F)CO1. The highest BCUT2D eigenvalue weighted by molar-refractivity contribution is 9.10. The second-order valence-corrected chi connectivity index (χ2v) is 4.38. The lowest BCUT2D eigenvalue weighted by Gasteiger charge is -2.31. The summed E-state index contributed by atoms with van der Waals surface area (Å²) in [6.07, 6.45) is -0.821. The van der Waals surface area contributed by atoms with Gasteiger partial charge in [0.05, 0.1) is 0 Å². The summed E-state index contributed by atoms with van der Waals surface area (Å²) in [5, 5.41) is 2.12. The van der Waals surface area contributed by atoms with Gasteiger partial charge in [0.15, 0.2) is 6.61 Å². The minimum Gasteiger partial charge on any atom is -0.443 e. The lowest BCUT2D eigenvalue weighted by Crippen LogP contribution is -2.49. The van der Waals surface area contributed by atoms with E-state index >= 15 is 0 Å². The fourth-order valence-corrected chi connectivity index (χ4v) is 1.76. The van der Waals surface area contributed by atoms with Gasteiger partial charge in [-0.05, 0) is 17.7 Å². The van der Waals surface area contributed by atoms with E-state index in [0.29, 0.717) is 5.56 Å². The lowest BCUT2D eigenvalue weighted by molar-refractivity contribution is -0.104. The van der Waals surface area contributed by atoms with Gasteiger partial charge in [-0.1, -0.05) is 28.1 Å². The molecule has 2 rings (SSSR count). The summed E-state index contributed by atoms with van der Waals surface area (Å²) in [5.74, 6) is -3.10. The van der Waals surface area contributed by atoms with Crippen molar-refractivity contribution in [2.75, 3.05) is 6.61 Å². The first-order valence-corrected chi connectivity index (χ1v) is 5.35. The van der Waals surface area contributed by atoms with Crippen LogP contribution in [0.4, 0.5) is 13.6 Å². The Hall–Kier alpha value is -0.880. The van der Waals surface area contributed by atoms with E-state index in [2.05, 4.69) is 26.0 Å². The number of hydrogen-bond acceptors (Lipinski definition) is 2. The molecule has 0 spiro atoms. The van der Waals surface area contributed by atoms with Crippen molar-refractivity contribution >= 4 is 34.4 Å². The van der Waals surface area contributed by atoms with Gasteiger partial charge in [-0.2, -0.15) is 0 Å². The molecular formula is C10H9BrClF2NO2. The van der Waals surface area contributed by atoms with Gasteiger partial charge in [-0.15, -0.1) is 12.4 Å². The van der Waals surface area contributed by atoms with Gasteiger partial charge in [0.2, 0.25) is 0 Å². The number of ether oxygens (including phenoxy) is 1. The maximum atomic E-state index is 13.5. The maximum absolute atomic E-state index is 13.5. The van der Waals surface area contributed by atoms with Crippen molar-refractivity contribution in [3.8, 4) is 0 Å². The second kappa shape index (κ2) is 5.18. The number of alkyl halides is 2. The number of benzene rings is 1. The number of nitrogens with one attached hydrogen (secondary N) is 1. The molecule has 0 aliphatic carbocycles. The van der Waals surface area contributed by atoms with E-state index in [0.717, 1.165) is 4.47 Å². The van der Waals surface area contributed by atoms with E-state index in [9.17, 15) is 13.6 Å². The molecule has 0 unspecified atom stereocenters. The molecule has 3 nitrogen and oxygen atoms in total. The van der Waals surface area contributed by atoms with Crippen LogP contribution in [0.3, 0.4) is 0 Å². The van der Waals surface area contributed by atoms with Gasteiger partial charge >= 0.3 is 12.0 Å². The van der Waals surface area contributed by atoms with Gasteiger partial charge < -0.3 is 10.1 Å². The summed E-state index contributed by atoms with van der Waals surface area (Å²) in [5.41, 5.74) is 0.352. The van der Waals surface area contributed by atoms with Gasteiger partial charge in [-0.25, -0.2) is 13.6 Å². The predicted octanol–water partition coefficient (Wildman–Crippen LogP) is 3.29. The zero-order chi connectivity index (χ0) is 11.8. The highest BCUT2D eigenvalue weighted by Gasteiger charge is 2.46. The summed E-state index contributed by atoms with van der Waals surface area (Å²) >= 11 is 3.21. The number of hydrogen-bond donors (Lipinski definition) is 1. The molecule has 1 aliphatic heterocycles. The van der Waals surface area contributed by atoms with Crippen LogP contribution in [-0.2, 0) is 4.74 Å². The standard InChI is InChI=1S/C10H8BrF2NO2.ClH/c11-7-3-1-6(2-4-7)8-10(12,13)5-16-9(15)14-8;/h1-4,8H,5H2,(H,14,15);1H/t8-;/m0./s1. The third kappa shape index (κ3) is 3.07. The summed E-state index contributed by atoms with van der Waals surface area (Å²) in [6.45, 7) is -0.889. The quantitative estimate of drug-likeness (QED) is 0.859. The zero-order valence-electron chi connectivity index (χ0n) is 8.45. The highest BCUT2D eigenvalue weighted by atomic mass is 79.9. The second-order valence-electron chi connectivity index (χ2n) is 3.47. The first-order chi connectivity index (χ1) is 7.49. The zero-order valence-corrected chi connectivity index (χ0v) is 10.9.